The number of anilines is 3. The zero-order valence-corrected chi connectivity index (χ0v) is 14.6. The molecule has 7 heteroatoms. The van der Waals surface area contributed by atoms with E-state index in [0.29, 0.717) is 17.1 Å². The van der Waals surface area contributed by atoms with Crippen LogP contribution in [0.25, 0.3) is 0 Å². The van der Waals surface area contributed by atoms with Crippen LogP contribution >= 0.6 is 0 Å². The van der Waals surface area contributed by atoms with Gasteiger partial charge >= 0.3 is 0 Å². The van der Waals surface area contributed by atoms with Crippen LogP contribution in [0.15, 0.2) is 53.4 Å². The Morgan fingerprint density at radius 2 is 1.50 bits per heavy atom. The van der Waals surface area contributed by atoms with Crippen molar-refractivity contribution in [2.45, 2.75) is 4.90 Å². The number of amides is 1. The maximum Gasteiger partial charge on any atom is 0.266 e. The summed E-state index contributed by atoms with van der Waals surface area (Å²) in [6.07, 6.45) is 0. The van der Waals surface area contributed by atoms with Gasteiger partial charge in [0, 0.05) is 7.05 Å². The summed E-state index contributed by atoms with van der Waals surface area (Å²) in [7, 11) is 1.37. The summed E-state index contributed by atoms with van der Waals surface area (Å²) in [4.78, 5) is 16.2. The molecule has 0 saturated carbocycles. The van der Waals surface area contributed by atoms with Crippen LogP contribution in [0, 0.1) is 0 Å². The second-order valence-electron chi connectivity index (χ2n) is 5.90. The zero-order valence-electron chi connectivity index (χ0n) is 13.8. The number of benzene rings is 2. The second-order valence-corrected chi connectivity index (χ2v) is 7.83. The van der Waals surface area contributed by atoms with Crippen molar-refractivity contribution in [2.24, 2.45) is 0 Å². The van der Waals surface area contributed by atoms with Crippen LogP contribution in [-0.4, -0.2) is 46.9 Å². The number of rotatable bonds is 2. The van der Waals surface area contributed by atoms with Gasteiger partial charge in [0.1, 0.15) is 4.90 Å². The molecule has 0 aliphatic carbocycles. The molecular formula is C17H19N3O3S. The predicted molar refractivity (Wildman–Crippen MR) is 94.2 cm³/mol. The molecule has 0 radical (unpaired) electrons. The van der Waals surface area contributed by atoms with Crippen molar-refractivity contribution < 1.29 is 13.2 Å². The van der Waals surface area contributed by atoms with Crippen LogP contribution in [0.1, 0.15) is 0 Å². The van der Waals surface area contributed by atoms with E-state index in [4.69, 9.17) is 0 Å². The van der Waals surface area contributed by atoms with Crippen molar-refractivity contribution >= 4 is 33.0 Å². The summed E-state index contributed by atoms with van der Waals surface area (Å²) < 4.78 is 27.1. The standard InChI is InChI=1S/C17H19N3O3S/c1-18(2)12-17(21)20-14-9-5-4-8-13(14)19(3)24(22,23)16-11-7-6-10-15(16)20/h4-11H,12H2,1-3H3. The van der Waals surface area contributed by atoms with Crippen LogP contribution in [-0.2, 0) is 14.8 Å². The third-order valence-electron chi connectivity index (χ3n) is 3.91. The van der Waals surface area contributed by atoms with Gasteiger partial charge in [0.2, 0.25) is 5.91 Å². The van der Waals surface area contributed by atoms with Gasteiger partial charge in [0.15, 0.2) is 0 Å². The van der Waals surface area contributed by atoms with Crippen molar-refractivity contribution in [3.63, 3.8) is 0 Å². The summed E-state index contributed by atoms with van der Waals surface area (Å²) >= 11 is 0. The molecule has 1 aliphatic heterocycles. The molecule has 3 rings (SSSR count). The number of nitrogens with zero attached hydrogens (tertiary/aromatic N) is 3. The van der Waals surface area contributed by atoms with E-state index in [1.807, 2.05) is 0 Å². The van der Waals surface area contributed by atoms with Gasteiger partial charge in [-0.1, -0.05) is 24.3 Å². The van der Waals surface area contributed by atoms with E-state index in [1.54, 1.807) is 61.5 Å². The van der Waals surface area contributed by atoms with Crippen molar-refractivity contribution in [3.8, 4) is 0 Å². The predicted octanol–water partition coefficient (Wildman–Crippen LogP) is 2.05. The van der Waals surface area contributed by atoms with E-state index in [-0.39, 0.29) is 17.3 Å². The van der Waals surface area contributed by atoms with Gasteiger partial charge in [-0.15, -0.1) is 0 Å². The molecule has 0 aromatic heterocycles. The number of sulfonamides is 1. The van der Waals surface area contributed by atoms with Crippen molar-refractivity contribution in [3.05, 3.63) is 48.5 Å². The maximum absolute atomic E-state index is 13.0. The summed E-state index contributed by atoms with van der Waals surface area (Å²) in [5, 5.41) is 0. The first kappa shape index (κ1) is 16.5. The Labute approximate surface area is 142 Å². The molecule has 24 heavy (non-hydrogen) atoms. The van der Waals surface area contributed by atoms with Gasteiger partial charge in [0.25, 0.3) is 10.0 Å². The van der Waals surface area contributed by atoms with Crippen LogP contribution in [0.5, 0.6) is 0 Å². The molecule has 0 atom stereocenters. The molecule has 1 aliphatic rings. The molecule has 6 nitrogen and oxygen atoms in total. The molecule has 0 N–H and O–H groups in total. The summed E-state index contributed by atoms with van der Waals surface area (Å²) in [6, 6.07) is 13.6. The number of likely N-dealkylation sites (N-methyl/N-ethyl adjacent to an activating group) is 1. The molecule has 0 fully saturated rings. The summed E-state index contributed by atoms with van der Waals surface area (Å²) in [5.74, 6) is -0.189. The smallest absolute Gasteiger partial charge is 0.266 e. The lowest BCUT2D eigenvalue weighted by Gasteiger charge is -2.25. The molecule has 1 heterocycles. The number of para-hydroxylation sites is 3. The van der Waals surface area contributed by atoms with Crippen LogP contribution in [0.2, 0.25) is 0 Å². The first-order valence-corrected chi connectivity index (χ1v) is 8.92. The molecule has 126 valence electrons. The van der Waals surface area contributed by atoms with E-state index < -0.39 is 10.0 Å². The van der Waals surface area contributed by atoms with Crippen molar-refractivity contribution in [1.82, 2.24) is 4.90 Å². The monoisotopic (exact) mass is 345 g/mol. The van der Waals surface area contributed by atoms with Gasteiger partial charge < -0.3 is 4.90 Å². The molecule has 0 unspecified atom stereocenters. The number of hydrogen-bond acceptors (Lipinski definition) is 4. The third-order valence-corrected chi connectivity index (χ3v) is 5.73. The van der Waals surface area contributed by atoms with E-state index >= 15 is 0 Å². The Bertz CT molecular complexity index is 893. The molecule has 0 spiro atoms. The van der Waals surface area contributed by atoms with E-state index in [1.165, 1.54) is 22.3 Å². The van der Waals surface area contributed by atoms with Crippen LogP contribution < -0.4 is 9.21 Å². The molecule has 0 bridgehead atoms. The topological polar surface area (TPSA) is 60.9 Å². The molecule has 2 aromatic rings. The SMILES string of the molecule is CN(C)CC(=O)N1c2ccccc2N(C)S(=O)(=O)c2ccccc21. The minimum atomic E-state index is -3.74. The van der Waals surface area contributed by atoms with E-state index in [0.717, 1.165) is 0 Å². The highest BCUT2D eigenvalue weighted by molar-refractivity contribution is 7.93. The second kappa shape index (κ2) is 5.92. The third kappa shape index (κ3) is 2.55. The quantitative estimate of drug-likeness (QED) is 0.836. The lowest BCUT2D eigenvalue weighted by molar-refractivity contribution is -0.118. The Hall–Kier alpha value is -2.38. The van der Waals surface area contributed by atoms with Gasteiger partial charge in [-0.3, -0.25) is 14.0 Å². The van der Waals surface area contributed by atoms with E-state index in [2.05, 4.69) is 0 Å². The molecular weight excluding hydrogens is 326 g/mol. The normalized spacial score (nSPS) is 15.7. The Kier molecular flexibility index (Phi) is 4.06. The highest BCUT2D eigenvalue weighted by Crippen LogP contribution is 2.43. The average molecular weight is 345 g/mol. The van der Waals surface area contributed by atoms with Crippen LogP contribution in [0.3, 0.4) is 0 Å². The molecule has 1 amide bonds. The molecule has 0 saturated heterocycles. The van der Waals surface area contributed by atoms with Crippen molar-refractivity contribution in [1.29, 1.82) is 0 Å². The van der Waals surface area contributed by atoms with Gasteiger partial charge in [-0.05, 0) is 38.4 Å². The lowest BCUT2D eigenvalue weighted by Crippen LogP contribution is -2.35. The highest BCUT2D eigenvalue weighted by atomic mass is 32.2. The first-order chi connectivity index (χ1) is 11.3. The fourth-order valence-electron chi connectivity index (χ4n) is 2.80. The lowest BCUT2D eigenvalue weighted by atomic mass is 10.2. The minimum absolute atomic E-state index is 0.121. The fourth-order valence-corrected chi connectivity index (χ4v) is 4.18. The number of fused-ring (bicyclic) bond motifs is 2. The zero-order chi connectivity index (χ0) is 17.5. The Morgan fingerprint density at radius 3 is 2.12 bits per heavy atom. The van der Waals surface area contributed by atoms with Crippen LogP contribution in [0.4, 0.5) is 17.1 Å². The first-order valence-electron chi connectivity index (χ1n) is 7.48. The summed E-state index contributed by atoms with van der Waals surface area (Å²) in [5.41, 5.74) is 1.40. The largest absolute Gasteiger partial charge is 0.301 e. The minimum Gasteiger partial charge on any atom is -0.301 e. The number of hydrogen-bond donors (Lipinski definition) is 0. The van der Waals surface area contributed by atoms with E-state index in [9.17, 15) is 13.2 Å². The summed E-state index contributed by atoms with van der Waals surface area (Å²) in [6.45, 7) is 0.173. The van der Waals surface area contributed by atoms with Crippen molar-refractivity contribution in [2.75, 3.05) is 36.9 Å². The Balaban J connectivity index is 2.33. The van der Waals surface area contributed by atoms with Gasteiger partial charge in [0.05, 0.1) is 23.6 Å². The fraction of sp³-hybridized carbons (Fsp3) is 0.235. The number of carbonyl (C=O) groups is 1. The highest BCUT2D eigenvalue weighted by Gasteiger charge is 2.35. The Morgan fingerprint density at radius 1 is 0.958 bits per heavy atom. The van der Waals surface area contributed by atoms with Gasteiger partial charge in [-0.2, -0.15) is 0 Å². The number of carbonyl (C=O) groups excluding carboxylic acids is 1. The molecule has 2 aromatic carbocycles. The maximum atomic E-state index is 13.0. The average Bonchev–Trinajstić information content (AvgIpc) is 2.61. The van der Waals surface area contributed by atoms with Gasteiger partial charge in [-0.25, -0.2) is 8.42 Å².